The van der Waals surface area contributed by atoms with Crippen molar-refractivity contribution in [3.8, 4) is 0 Å². The van der Waals surface area contributed by atoms with Crippen molar-refractivity contribution < 1.29 is 5.11 Å². The first-order chi connectivity index (χ1) is 5.56. The van der Waals surface area contributed by atoms with Gasteiger partial charge in [-0.25, -0.2) is 0 Å². The summed E-state index contributed by atoms with van der Waals surface area (Å²) in [7, 11) is 0. The van der Waals surface area contributed by atoms with Gasteiger partial charge >= 0.3 is 0 Å². The molecule has 0 saturated heterocycles. The lowest BCUT2D eigenvalue weighted by molar-refractivity contribution is 0.0530. The van der Waals surface area contributed by atoms with Gasteiger partial charge in [0.15, 0.2) is 0 Å². The van der Waals surface area contributed by atoms with Gasteiger partial charge < -0.3 is 5.11 Å². The Morgan fingerprint density at radius 2 is 2.08 bits per heavy atom. The van der Waals surface area contributed by atoms with Crippen molar-refractivity contribution in [3.63, 3.8) is 0 Å². The third kappa shape index (κ3) is 1.86. The van der Waals surface area contributed by atoms with Gasteiger partial charge in [-0.3, -0.25) is 0 Å². The predicted octanol–water partition coefficient (Wildman–Crippen LogP) is 2.61. The van der Waals surface area contributed by atoms with E-state index in [-0.39, 0.29) is 0 Å². The van der Waals surface area contributed by atoms with Crippen LogP contribution in [0.3, 0.4) is 0 Å². The highest BCUT2D eigenvalue weighted by Crippen LogP contribution is 2.24. The Morgan fingerprint density at radius 1 is 1.42 bits per heavy atom. The molecule has 1 atom stereocenters. The SMILES string of the molecule is CC[C@](C)(O)c1cccc(C)c1. The summed E-state index contributed by atoms with van der Waals surface area (Å²) in [4.78, 5) is 0. The van der Waals surface area contributed by atoms with Crippen LogP contribution in [-0.4, -0.2) is 5.11 Å². The average molecular weight is 164 g/mol. The van der Waals surface area contributed by atoms with Gasteiger partial charge in [-0.2, -0.15) is 0 Å². The van der Waals surface area contributed by atoms with Crippen LogP contribution in [0.25, 0.3) is 0 Å². The summed E-state index contributed by atoms with van der Waals surface area (Å²) in [6.07, 6.45) is 0.746. The minimum atomic E-state index is -0.675. The Morgan fingerprint density at radius 3 is 2.58 bits per heavy atom. The summed E-state index contributed by atoms with van der Waals surface area (Å²) >= 11 is 0. The van der Waals surface area contributed by atoms with E-state index in [1.54, 1.807) is 0 Å². The zero-order valence-electron chi connectivity index (χ0n) is 7.96. The minimum Gasteiger partial charge on any atom is -0.385 e. The predicted molar refractivity (Wildman–Crippen MR) is 51.0 cm³/mol. The van der Waals surface area contributed by atoms with Crippen LogP contribution in [0.2, 0.25) is 0 Å². The quantitative estimate of drug-likeness (QED) is 0.712. The molecule has 0 aliphatic carbocycles. The van der Waals surface area contributed by atoms with Crippen LogP contribution < -0.4 is 0 Å². The van der Waals surface area contributed by atoms with Gasteiger partial charge in [-0.15, -0.1) is 0 Å². The molecule has 1 aromatic carbocycles. The van der Waals surface area contributed by atoms with E-state index >= 15 is 0 Å². The molecule has 0 radical (unpaired) electrons. The maximum Gasteiger partial charge on any atom is 0.0866 e. The lowest BCUT2D eigenvalue weighted by Crippen LogP contribution is -2.19. The zero-order valence-corrected chi connectivity index (χ0v) is 7.96. The first-order valence-corrected chi connectivity index (χ1v) is 4.36. The molecule has 12 heavy (non-hydrogen) atoms. The van der Waals surface area contributed by atoms with Crippen LogP contribution >= 0.6 is 0 Å². The maximum atomic E-state index is 9.92. The van der Waals surface area contributed by atoms with E-state index < -0.39 is 5.60 Å². The first-order valence-electron chi connectivity index (χ1n) is 4.36. The molecule has 1 nitrogen and oxygen atoms in total. The fourth-order valence-corrected chi connectivity index (χ4v) is 1.18. The molecule has 0 bridgehead atoms. The van der Waals surface area contributed by atoms with Crippen molar-refractivity contribution >= 4 is 0 Å². The van der Waals surface area contributed by atoms with E-state index in [4.69, 9.17) is 0 Å². The zero-order chi connectivity index (χ0) is 9.19. The topological polar surface area (TPSA) is 20.2 Å². The second kappa shape index (κ2) is 3.28. The van der Waals surface area contributed by atoms with Crippen LogP contribution in [-0.2, 0) is 5.60 Å². The van der Waals surface area contributed by atoms with Crippen LogP contribution in [0.1, 0.15) is 31.4 Å². The molecule has 0 amide bonds. The number of aliphatic hydroxyl groups is 1. The summed E-state index contributed by atoms with van der Waals surface area (Å²) < 4.78 is 0. The lowest BCUT2D eigenvalue weighted by Gasteiger charge is -2.22. The van der Waals surface area contributed by atoms with Crippen LogP contribution in [0, 0.1) is 6.92 Å². The molecular weight excluding hydrogens is 148 g/mol. The van der Waals surface area contributed by atoms with E-state index in [2.05, 4.69) is 0 Å². The minimum absolute atomic E-state index is 0.675. The summed E-state index contributed by atoms with van der Waals surface area (Å²) in [6.45, 7) is 5.87. The normalized spacial score (nSPS) is 15.7. The summed E-state index contributed by atoms with van der Waals surface area (Å²) in [6, 6.07) is 8.02. The Balaban J connectivity index is 3.03. The van der Waals surface area contributed by atoms with Crippen molar-refractivity contribution in [2.45, 2.75) is 32.8 Å². The fourth-order valence-electron chi connectivity index (χ4n) is 1.18. The maximum absolute atomic E-state index is 9.92. The number of hydrogen-bond acceptors (Lipinski definition) is 1. The molecule has 0 unspecified atom stereocenters. The second-order valence-corrected chi connectivity index (χ2v) is 3.50. The van der Waals surface area contributed by atoms with Crippen molar-refractivity contribution in [3.05, 3.63) is 35.4 Å². The smallest absolute Gasteiger partial charge is 0.0866 e. The van der Waals surface area contributed by atoms with Crippen LogP contribution in [0.15, 0.2) is 24.3 Å². The number of benzene rings is 1. The third-order valence-corrected chi connectivity index (χ3v) is 2.33. The molecule has 1 aromatic rings. The molecule has 1 N–H and O–H groups in total. The molecular formula is C11H16O. The molecule has 0 aromatic heterocycles. The van der Waals surface area contributed by atoms with Crippen molar-refractivity contribution in [1.29, 1.82) is 0 Å². The molecule has 0 fully saturated rings. The largest absolute Gasteiger partial charge is 0.385 e. The van der Waals surface area contributed by atoms with E-state index in [0.29, 0.717) is 0 Å². The summed E-state index contributed by atoms with van der Waals surface area (Å²) in [5.41, 5.74) is 1.53. The van der Waals surface area contributed by atoms with Gasteiger partial charge in [0.2, 0.25) is 0 Å². The summed E-state index contributed by atoms with van der Waals surface area (Å²) in [5, 5.41) is 9.92. The molecule has 1 heteroatoms. The van der Waals surface area contributed by atoms with E-state index in [1.165, 1.54) is 5.56 Å². The Hall–Kier alpha value is -0.820. The van der Waals surface area contributed by atoms with Gasteiger partial charge in [0.1, 0.15) is 0 Å². The highest BCUT2D eigenvalue weighted by Gasteiger charge is 2.19. The molecule has 0 aliphatic rings. The molecule has 1 rings (SSSR count). The van der Waals surface area contributed by atoms with Gasteiger partial charge in [0, 0.05) is 0 Å². The van der Waals surface area contributed by atoms with Gasteiger partial charge in [-0.05, 0) is 25.8 Å². The molecule has 0 aliphatic heterocycles. The molecule has 66 valence electrons. The Bertz CT molecular complexity index is 263. The van der Waals surface area contributed by atoms with Gasteiger partial charge in [-0.1, -0.05) is 36.8 Å². The molecule has 0 heterocycles. The monoisotopic (exact) mass is 164 g/mol. The van der Waals surface area contributed by atoms with Crippen LogP contribution in [0.5, 0.6) is 0 Å². The highest BCUT2D eigenvalue weighted by molar-refractivity contribution is 5.26. The van der Waals surface area contributed by atoms with E-state index in [0.717, 1.165) is 12.0 Å². The second-order valence-electron chi connectivity index (χ2n) is 3.50. The van der Waals surface area contributed by atoms with Crippen molar-refractivity contribution in [2.75, 3.05) is 0 Å². The average Bonchev–Trinajstić information content (AvgIpc) is 2.05. The van der Waals surface area contributed by atoms with Gasteiger partial charge in [0.05, 0.1) is 5.60 Å². The Labute approximate surface area is 74.1 Å². The molecule has 0 saturated carbocycles. The first kappa shape index (κ1) is 9.27. The van der Waals surface area contributed by atoms with Gasteiger partial charge in [0.25, 0.3) is 0 Å². The lowest BCUT2D eigenvalue weighted by atomic mass is 9.92. The van der Waals surface area contributed by atoms with E-state index in [1.807, 2.05) is 45.0 Å². The third-order valence-electron chi connectivity index (χ3n) is 2.33. The van der Waals surface area contributed by atoms with Crippen molar-refractivity contribution in [2.24, 2.45) is 0 Å². The van der Waals surface area contributed by atoms with Crippen molar-refractivity contribution in [1.82, 2.24) is 0 Å². The van der Waals surface area contributed by atoms with E-state index in [9.17, 15) is 5.11 Å². The number of rotatable bonds is 2. The highest BCUT2D eigenvalue weighted by atomic mass is 16.3. The number of aryl methyl sites for hydroxylation is 1. The number of hydrogen-bond donors (Lipinski definition) is 1. The summed E-state index contributed by atoms with van der Waals surface area (Å²) in [5.74, 6) is 0. The van der Waals surface area contributed by atoms with Crippen LogP contribution in [0.4, 0.5) is 0 Å². The Kier molecular flexibility index (Phi) is 2.53. The fraction of sp³-hybridized carbons (Fsp3) is 0.455. The standard InChI is InChI=1S/C11H16O/c1-4-11(3,12)10-7-5-6-9(2)8-10/h5-8,12H,4H2,1-3H3/t11-/m0/s1. The molecule has 0 spiro atoms.